The molecule has 2 aromatic heterocycles. The van der Waals surface area contributed by atoms with E-state index in [0.717, 1.165) is 10.1 Å². The molecule has 4 rings (SSSR count). The first-order chi connectivity index (χ1) is 15.9. The average molecular weight is 443 g/mol. The Morgan fingerprint density at radius 1 is 1.09 bits per heavy atom. The Hall–Kier alpha value is -4.46. The van der Waals surface area contributed by atoms with Crippen LogP contribution in [0.2, 0.25) is 0 Å². The monoisotopic (exact) mass is 443 g/mol. The summed E-state index contributed by atoms with van der Waals surface area (Å²) in [6.45, 7) is 3.25. The molecule has 0 aliphatic carbocycles. The average Bonchev–Trinajstić information content (AvgIpc) is 3.19. The SMILES string of the molecule is Cc1cc2nc(COC(=O)c3cccc(NC(=O)/C=C/c4ccccc4)c3C)cc(=O)n2o1. The molecule has 0 aliphatic rings. The summed E-state index contributed by atoms with van der Waals surface area (Å²) in [5.41, 5.74) is 2.52. The molecule has 33 heavy (non-hydrogen) atoms. The minimum atomic E-state index is -0.589. The summed E-state index contributed by atoms with van der Waals surface area (Å²) < 4.78 is 11.7. The molecule has 2 aromatic carbocycles. The predicted molar refractivity (Wildman–Crippen MR) is 123 cm³/mol. The molecule has 1 N–H and O–H groups in total. The van der Waals surface area contributed by atoms with Gasteiger partial charge in [0.15, 0.2) is 5.65 Å². The number of aromatic nitrogens is 2. The maximum Gasteiger partial charge on any atom is 0.338 e. The number of benzene rings is 2. The number of anilines is 1. The Balaban J connectivity index is 1.44. The molecular weight excluding hydrogens is 422 g/mol. The Kier molecular flexibility index (Phi) is 6.17. The second-order valence-electron chi connectivity index (χ2n) is 7.37. The number of fused-ring (bicyclic) bond motifs is 1. The minimum Gasteiger partial charge on any atom is -0.456 e. The van der Waals surface area contributed by atoms with Crippen molar-refractivity contribution in [3.63, 3.8) is 0 Å². The van der Waals surface area contributed by atoms with Gasteiger partial charge in [-0.2, -0.15) is 0 Å². The summed E-state index contributed by atoms with van der Waals surface area (Å²) >= 11 is 0. The third kappa shape index (κ3) is 5.07. The van der Waals surface area contributed by atoms with Crippen LogP contribution in [-0.2, 0) is 16.1 Å². The van der Waals surface area contributed by atoms with Crippen molar-refractivity contribution < 1.29 is 18.8 Å². The lowest BCUT2D eigenvalue weighted by atomic mass is 10.1. The third-order valence-electron chi connectivity index (χ3n) is 4.91. The lowest BCUT2D eigenvalue weighted by Gasteiger charge is -2.11. The third-order valence-corrected chi connectivity index (χ3v) is 4.91. The Labute approximate surface area is 189 Å². The lowest BCUT2D eigenvalue weighted by molar-refractivity contribution is -0.111. The molecule has 8 nitrogen and oxygen atoms in total. The van der Waals surface area contributed by atoms with E-state index in [1.54, 1.807) is 44.2 Å². The zero-order valence-electron chi connectivity index (χ0n) is 18.1. The van der Waals surface area contributed by atoms with Crippen molar-refractivity contribution in [2.75, 3.05) is 5.32 Å². The maximum atomic E-state index is 12.7. The van der Waals surface area contributed by atoms with Crippen molar-refractivity contribution in [1.82, 2.24) is 9.56 Å². The number of nitrogens with one attached hydrogen (secondary N) is 1. The number of hydrogen-bond donors (Lipinski definition) is 1. The van der Waals surface area contributed by atoms with Crippen LogP contribution in [0.1, 0.15) is 32.9 Å². The van der Waals surface area contributed by atoms with E-state index in [0.29, 0.717) is 33.9 Å². The van der Waals surface area contributed by atoms with Gasteiger partial charge < -0.3 is 14.6 Å². The van der Waals surface area contributed by atoms with Gasteiger partial charge >= 0.3 is 5.97 Å². The molecule has 0 saturated heterocycles. The second kappa shape index (κ2) is 9.35. The fourth-order valence-electron chi connectivity index (χ4n) is 3.27. The van der Waals surface area contributed by atoms with E-state index in [1.165, 1.54) is 12.1 Å². The standard InChI is InChI=1S/C25H21N3O5/c1-16-13-22-26-19(14-24(30)28(22)33-16)15-32-25(31)20-9-6-10-21(17(20)2)27-23(29)12-11-18-7-4-3-5-8-18/h3-14H,15H2,1-2H3,(H,27,29)/b12-11+. The highest BCUT2D eigenvalue weighted by molar-refractivity contribution is 6.03. The van der Waals surface area contributed by atoms with Gasteiger partial charge in [-0.25, -0.2) is 9.78 Å². The zero-order chi connectivity index (χ0) is 23.4. The summed E-state index contributed by atoms with van der Waals surface area (Å²) in [5.74, 6) is -0.364. The second-order valence-corrected chi connectivity index (χ2v) is 7.37. The van der Waals surface area contributed by atoms with Crippen molar-refractivity contribution in [1.29, 1.82) is 0 Å². The van der Waals surface area contributed by atoms with Gasteiger partial charge in [-0.3, -0.25) is 9.59 Å². The molecule has 0 saturated carbocycles. The first-order valence-electron chi connectivity index (χ1n) is 10.2. The number of ether oxygens (including phenoxy) is 1. The molecule has 8 heteroatoms. The maximum absolute atomic E-state index is 12.7. The van der Waals surface area contributed by atoms with Gasteiger partial charge in [0.25, 0.3) is 5.56 Å². The number of esters is 1. The van der Waals surface area contributed by atoms with Crippen LogP contribution in [0, 0.1) is 13.8 Å². The molecule has 4 aromatic rings. The van der Waals surface area contributed by atoms with Crippen molar-refractivity contribution in [2.24, 2.45) is 0 Å². The van der Waals surface area contributed by atoms with Gasteiger partial charge in [0, 0.05) is 23.9 Å². The molecular formula is C25H21N3O5. The van der Waals surface area contributed by atoms with E-state index in [9.17, 15) is 14.4 Å². The smallest absolute Gasteiger partial charge is 0.338 e. The van der Waals surface area contributed by atoms with Gasteiger partial charge in [-0.15, -0.1) is 4.57 Å². The minimum absolute atomic E-state index is 0.176. The molecule has 0 unspecified atom stereocenters. The van der Waals surface area contributed by atoms with Crippen LogP contribution in [-0.4, -0.2) is 21.4 Å². The van der Waals surface area contributed by atoms with Crippen LogP contribution in [0.15, 0.2) is 76.1 Å². The summed E-state index contributed by atoms with van der Waals surface area (Å²) in [5, 5.41) is 2.78. The molecule has 0 atom stereocenters. The molecule has 1 amide bonds. The first-order valence-corrected chi connectivity index (χ1v) is 10.2. The molecule has 0 radical (unpaired) electrons. The summed E-state index contributed by atoms with van der Waals surface area (Å²) in [6, 6.07) is 17.3. The van der Waals surface area contributed by atoms with Gasteiger partial charge in [0.1, 0.15) is 12.4 Å². The van der Waals surface area contributed by atoms with E-state index in [-0.39, 0.29) is 12.5 Å². The molecule has 0 fully saturated rings. The number of aryl methyl sites for hydroxylation is 1. The van der Waals surface area contributed by atoms with E-state index in [2.05, 4.69) is 10.3 Å². The number of rotatable bonds is 6. The van der Waals surface area contributed by atoms with E-state index in [1.807, 2.05) is 30.3 Å². The van der Waals surface area contributed by atoms with Crippen LogP contribution in [0.5, 0.6) is 0 Å². The Morgan fingerprint density at radius 2 is 1.88 bits per heavy atom. The predicted octanol–water partition coefficient (Wildman–Crippen LogP) is 3.91. The number of hydrogen-bond acceptors (Lipinski definition) is 6. The Bertz CT molecular complexity index is 1420. The van der Waals surface area contributed by atoms with Crippen LogP contribution < -0.4 is 10.9 Å². The molecule has 166 valence electrons. The zero-order valence-corrected chi connectivity index (χ0v) is 18.1. The molecule has 0 spiro atoms. The van der Waals surface area contributed by atoms with Crippen LogP contribution in [0.4, 0.5) is 5.69 Å². The van der Waals surface area contributed by atoms with Crippen molar-refractivity contribution >= 4 is 29.3 Å². The normalized spacial score (nSPS) is 11.1. The summed E-state index contributed by atoms with van der Waals surface area (Å²) in [7, 11) is 0. The van der Waals surface area contributed by atoms with Gasteiger partial charge in [0.2, 0.25) is 5.91 Å². The van der Waals surface area contributed by atoms with Crippen molar-refractivity contribution in [3.05, 3.63) is 105 Å². The van der Waals surface area contributed by atoms with E-state index >= 15 is 0 Å². The highest BCUT2D eigenvalue weighted by Gasteiger charge is 2.15. The fraction of sp³-hybridized carbons (Fsp3) is 0.120. The fourth-order valence-corrected chi connectivity index (χ4v) is 3.27. The highest BCUT2D eigenvalue weighted by Crippen LogP contribution is 2.20. The van der Waals surface area contributed by atoms with Gasteiger partial charge in [0.05, 0.1) is 11.3 Å². The van der Waals surface area contributed by atoms with Crippen LogP contribution >= 0.6 is 0 Å². The first kappa shape index (κ1) is 21.8. The van der Waals surface area contributed by atoms with Crippen molar-refractivity contribution in [3.8, 4) is 0 Å². The summed E-state index contributed by atoms with van der Waals surface area (Å²) in [6.07, 6.45) is 3.13. The lowest BCUT2D eigenvalue weighted by Crippen LogP contribution is -2.16. The number of amides is 1. The summed E-state index contributed by atoms with van der Waals surface area (Å²) in [4.78, 5) is 41.4. The Morgan fingerprint density at radius 3 is 2.67 bits per heavy atom. The number of nitrogens with zero attached hydrogens (tertiary/aromatic N) is 2. The molecule has 2 heterocycles. The topological polar surface area (TPSA) is 103 Å². The van der Waals surface area contributed by atoms with Crippen LogP contribution in [0.25, 0.3) is 11.7 Å². The van der Waals surface area contributed by atoms with E-state index < -0.39 is 11.5 Å². The molecule has 0 aliphatic heterocycles. The quantitative estimate of drug-likeness (QED) is 0.358. The number of carbonyl (C=O) groups excluding carboxylic acids is 2. The van der Waals surface area contributed by atoms with Gasteiger partial charge in [-0.1, -0.05) is 36.4 Å². The van der Waals surface area contributed by atoms with Gasteiger partial charge in [-0.05, 0) is 43.2 Å². The van der Waals surface area contributed by atoms with Crippen molar-refractivity contribution in [2.45, 2.75) is 20.5 Å². The van der Waals surface area contributed by atoms with Crippen LogP contribution in [0.3, 0.4) is 0 Å². The molecule has 0 bridgehead atoms. The number of carbonyl (C=O) groups is 2. The van der Waals surface area contributed by atoms with E-state index in [4.69, 9.17) is 9.26 Å². The largest absolute Gasteiger partial charge is 0.456 e. The highest BCUT2D eigenvalue weighted by atomic mass is 16.5.